The molecule has 3 rings (SSSR count). The Labute approximate surface area is 224 Å². The summed E-state index contributed by atoms with van der Waals surface area (Å²) in [6.07, 6.45) is 3.92. The van der Waals surface area contributed by atoms with Gasteiger partial charge >= 0.3 is 11.9 Å². The van der Waals surface area contributed by atoms with Crippen LogP contribution >= 0.6 is 0 Å². The van der Waals surface area contributed by atoms with E-state index in [1.807, 2.05) is 0 Å². The van der Waals surface area contributed by atoms with Gasteiger partial charge in [0, 0.05) is 25.0 Å². The van der Waals surface area contributed by atoms with E-state index in [0.717, 1.165) is 36.8 Å². The molecule has 2 N–H and O–H groups in total. The van der Waals surface area contributed by atoms with Gasteiger partial charge in [-0.05, 0) is 48.2 Å². The molecule has 2 aromatic rings. The van der Waals surface area contributed by atoms with Gasteiger partial charge in [-0.3, -0.25) is 9.59 Å². The summed E-state index contributed by atoms with van der Waals surface area (Å²) < 4.78 is 22.3. The highest BCUT2D eigenvalue weighted by Gasteiger charge is 2.59. The lowest BCUT2D eigenvalue weighted by molar-refractivity contribution is -0.169. The Kier molecular flexibility index (Phi) is 11.9. The highest BCUT2D eigenvalue weighted by atomic mass is 16.6. The summed E-state index contributed by atoms with van der Waals surface area (Å²) >= 11 is 0. The normalized spacial score (nSPS) is 20.5. The Bertz CT molecular complexity index is 899. The Morgan fingerprint density at radius 1 is 0.605 bits per heavy atom. The Morgan fingerprint density at radius 2 is 0.974 bits per heavy atom. The average molecular weight is 529 g/mol. The molecule has 8 heteroatoms. The van der Waals surface area contributed by atoms with Gasteiger partial charge in [-0.2, -0.15) is 0 Å². The largest absolute Gasteiger partial charge is 0.508 e. The van der Waals surface area contributed by atoms with Crippen molar-refractivity contribution in [2.75, 3.05) is 39.6 Å². The molecule has 0 unspecified atom stereocenters. The number of hydrogen-bond donors (Lipinski definition) is 2. The van der Waals surface area contributed by atoms with Gasteiger partial charge in [-0.25, -0.2) is 0 Å². The number of benzene rings is 2. The number of rotatable bonds is 16. The first-order valence-electron chi connectivity index (χ1n) is 13.5. The minimum atomic E-state index is -0.655. The number of esters is 2. The van der Waals surface area contributed by atoms with Crippen LogP contribution in [0.15, 0.2) is 48.5 Å². The van der Waals surface area contributed by atoms with Gasteiger partial charge in [0.1, 0.15) is 24.7 Å². The molecule has 0 aromatic heterocycles. The van der Waals surface area contributed by atoms with Crippen LogP contribution in [0.3, 0.4) is 0 Å². The van der Waals surface area contributed by atoms with Crippen LogP contribution in [0.1, 0.15) is 62.5 Å². The average Bonchev–Trinajstić information content (AvgIpc) is 2.90. The van der Waals surface area contributed by atoms with Crippen LogP contribution in [-0.2, 0) is 28.5 Å². The number of phenolic OH excluding ortho intramolecular Hbond substituents is 2. The van der Waals surface area contributed by atoms with Crippen molar-refractivity contribution in [3.8, 4) is 11.5 Å². The summed E-state index contributed by atoms with van der Waals surface area (Å²) in [5.41, 5.74) is 1.47. The number of phenols is 2. The first-order valence-corrected chi connectivity index (χ1v) is 13.5. The fourth-order valence-corrected chi connectivity index (χ4v) is 4.85. The molecule has 8 nitrogen and oxygen atoms in total. The zero-order chi connectivity index (χ0) is 27.3. The summed E-state index contributed by atoms with van der Waals surface area (Å²) in [6, 6.07) is 13.0. The maximum Gasteiger partial charge on any atom is 0.310 e. The molecule has 0 bridgehead atoms. The molecule has 1 aliphatic rings. The predicted molar refractivity (Wildman–Crippen MR) is 142 cm³/mol. The fraction of sp³-hybridized carbons (Fsp3) is 0.533. The van der Waals surface area contributed by atoms with Crippen LogP contribution < -0.4 is 0 Å². The molecule has 0 saturated heterocycles. The minimum absolute atomic E-state index is 0.0925. The van der Waals surface area contributed by atoms with Gasteiger partial charge in [-0.15, -0.1) is 0 Å². The lowest BCUT2D eigenvalue weighted by Crippen LogP contribution is -2.52. The molecule has 1 fully saturated rings. The van der Waals surface area contributed by atoms with Crippen LogP contribution in [0.5, 0.6) is 11.5 Å². The lowest BCUT2D eigenvalue weighted by atomic mass is 9.52. The van der Waals surface area contributed by atoms with E-state index in [1.54, 1.807) is 24.3 Å². The summed E-state index contributed by atoms with van der Waals surface area (Å²) in [6.45, 7) is 6.22. The smallest absolute Gasteiger partial charge is 0.310 e. The number of hydrogen-bond acceptors (Lipinski definition) is 8. The molecule has 0 spiro atoms. The van der Waals surface area contributed by atoms with Gasteiger partial charge < -0.3 is 29.2 Å². The van der Waals surface area contributed by atoms with Crippen molar-refractivity contribution < 1.29 is 38.7 Å². The first kappa shape index (κ1) is 29.5. The lowest BCUT2D eigenvalue weighted by Gasteiger charge is -2.49. The Balaban J connectivity index is 1.81. The third kappa shape index (κ3) is 7.95. The predicted octanol–water partition coefficient (Wildman–Crippen LogP) is 4.93. The van der Waals surface area contributed by atoms with E-state index in [-0.39, 0.29) is 24.7 Å². The van der Waals surface area contributed by atoms with Crippen molar-refractivity contribution in [2.45, 2.75) is 51.4 Å². The number of ether oxygens (including phenoxy) is 4. The first-order chi connectivity index (χ1) is 18.5. The van der Waals surface area contributed by atoms with Crippen LogP contribution in [0.25, 0.3) is 0 Å². The minimum Gasteiger partial charge on any atom is -0.508 e. The molecular weight excluding hydrogens is 488 g/mol. The molecule has 2 aromatic carbocycles. The molecule has 38 heavy (non-hydrogen) atoms. The van der Waals surface area contributed by atoms with Crippen molar-refractivity contribution in [1.82, 2.24) is 0 Å². The van der Waals surface area contributed by atoms with Crippen LogP contribution in [0.2, 0.25) is 0 Å². The van der Waals surface area contributed by atoms with Crippen LogP contribution in [0.4, 0.5) is 0 Å². The second kappa shape index (κ2) is 15.3. The van der Waals surface area contributed by atoms with Gasteiger partial charge in [0.2, 0.25) is 0 Å². The molecule has 0 heterocycles. The summed E-state index contributed by atoms with van der Waals surface area (Å²) in [7, 11) is 0. The maximum absolute atomic E-state index is 13.4. The standard InChI is InChI=1S/C30H40O8/c1-3-5-15-35-17-19-37-29(33)27-25(21-7-11-23(31)12-8-21)28(26(27)22-9-13-24(32)14-10-22)30(34)38-20-18-36-16-6-4-2/h7-14,25-28,31-32H,3-6,15-20H2,1-2H3. The van der Waals surface area contributed by atoms with Crippen molar-refractivity contribution in [2.24, 2.45) is 11.8 Å². The van der Waals surface area contributed by atoms with Crippen molar-refractivity contribution in [3.05, 3.63) is 59.7 Å². The number of carbonyl (C=O) groups excluding carboxylic acids is 2. The summed E-state index contributed by atoms with van der Waals surface area (Å²) in [5, 5.41) is 19.6. The zero-order valence-corrected chi connectivity index (χ0v) is 22.3. The molecule has 0 atom stereocenters. The van der Waals surface area contributed by atoms with Crippen LogP contribution in [0, 0.1) is 11.8 Å². The maximum atomic E-state index is 13.4. The molecule has 0 aliphatic heterocycles. The fourth-order valence-electron chi connectivity index (χ4n) is 4.85. The molecule has 0 amide bonds. The van der Waals surface area contributed by atoms with Gasteiger partial charge in [0.25, 0.3) is 0 Å². The van der Waals surface area contributed by atoms with E-state index >= 15 is 0 Å². The zero-order valence-electron chi connectivity index (χ0n) is 22.3. The quantitative estimate of drug-likeness (QED) is 0.233. The highest BCUT2D eigenvalue weighted by Crippen LogP contribution is 2.58. The third-order valence-electron chi connectivity index (χ3n) is 6.88. The highest BCUT2D eigenvalue weighted by molar-refractivity contribution is 5.85. The van der Waals surface area contributed by atoms with Gasteiger partial charge in [0.05, 0.1) is 25.0 Å². The Hall–Kier alpha value is -3.10. The molecule has 0 radical (unpaired) electrons. The SMILES string of the molecule is CCCCOCCOC(=O)C1C(c2ccc(O)cc2)C(C(=O)OCCOCCCC)C1c1ccc(O)cc1. The van der Waals surface area contributed by atoms with E-state index in [1.165, 1.54) is 24.3 Å². The summed E-state index contributed by atoms with van der Waals surface area (Å²) in [4.78, 5) is 26.8. The van der Waals surface area contributed by atoms with Crippen LogP contribution in [-0.4, -0.2) is 61.8 Å². The molecular formula is C30H40O8. The van der Waals surface area contributed by atoms with E-state index < -0.39 is 35.6 Å². The van der Waals surface area contributed by atoms with E-state index in [2.05, 4.69) is 13.8 Å². The third-order valence-corrected chi connectivity index (χ3v) is 6.88. The number of aromatic hydroxyl groups is 2. The van der Waals surface area contributed by atoms with Crippen molar-refractivity contribution in [3.63, 3.8) is 0 Å². The van der Waals surface area contributed by atoms with E-state index in [4.69, 9.17) is 18.9 Å². The van der Waals surface area contributed by atoms with Crippen molar-refractivity contribution >= 4 is 11.9 Å². The molecule has 1 saturated carbocycles. The monoisotopic (exact) mass is 528 g/mol. The van der Waals surface area contributed by atoms with Crippen molar-refractivity contribution in [1.29, 1.82) is 0 Å². The summed E-state index contributed by atoms with van der Waals surface area (Å²) in [5.74, 6) is -2.98. The topological polar surface area (TPSA) is 112 Å². The number of carbonyl (C=O) groups is 2. The van der Waals surface area contributed by atoms with Gasteiger partial charge in [0.15, 0.2) is 0 Å². The second-order valence-electron chi connectivity index (χ2n) is 9.55. The Morgan fingerprint density at radius 3 is 1.32 bits per heavy atom. The van der Waals surface area contributed by atoms with E-state index in [0.29, 0.717) is 26.4 Å². The molecule has 208 valence electrons. The number of unbranched alkanes of at least 4 members (excludes halogenated alkanes) is 2. The second-order valence-corrected chi connectivity index (χ2v) is 9.55. The molecule has 1 aliphatic carbocycles. The van der Waals surface area contributed by atoms with Gasteiger partial charge in [-0.1, -0.05) is 51.0 Å². The van der Waals surface area contributed by atoms with E-state index in [9.17, 15) is 19.8 Å².